The van der Waals surface area contributed by atoms with Gasteiger partial charge >= 0.3 is 6.61 Å². The molecule has 3 nitrogen and oxygen atoms in total. The van der Waals surface area contributed by atoms with Crippen molar-refractivity contribution in [3.8, 4) is 5.75 Å². The van der Waals surface area contributed by atoms with Gasteiger partial charge in [-0.2, -0.15) is 8.78 Å². The molecule has 0 saturated carbocycles. The van der Waals surface area contributed by atoms with Crippen molar-refractivity contribution in [1.82, 2.24) is 4.98 Å². The summed E-state index contributed by atoms with van der Waals surface area (Å²) in [4.78, 5) is 16.3. The largest absolute Gasteiger partial charge is 0.435 e. The van der Waals surface area contributed by atoms with Gasteiger partial charge in [0.05, 0.1) is 6.42 Å². The van der Waals surface area contributed by atoms with Crippen LogP contribution in [0.1, 0.15) is 28.5 Å². The number of ether oxygens (including phenoxy) is 1. The van der Waals surface area contributed by atoms with E-state index >= 15 is 0 Å². The van der Waals surface area contributed by atoms with Gasteiger partial charge in [0.2, 0.25) is 0 Å². The fourth-order valence-electron chi connectivity index (χ4n) is 1.88. The molecular weight excluding hydrogens is 276 g/mol. The fourth-order valence-corrected chi connectivity index (χ4v) is 1.88. The van der Waals surface area contributed by atoms with Crippen LogP contribution in [0.2, 0.25) is 0 Å². The van der Waals surface area contributed by atoms with Crippen LogP contribution in [0.4, 0.5) is 8.78 Å². The molecule has 0 N–H and O–H groups in total. The van der Waals surface area contributed by atoms with E-state index in [1.54, 1.807) is 18.3 Å². The summed E-state index contributed by atoms with van der Waals surface area (Å²) >= 11 is 0. The molecule has 0 unspecified atom stereocenters. The molecule has 1 aromatic heterocycles. The maximum Gasteiger partial charge on any atom is 0.387 e. The van der Waals surface area contributed by atoms with Gasteiger partial charge in [-0.25, -0.2) is 0 Å². The van der Waals surface area contributed by atoms with Gasteiger partial charge in [0.1, 0.15) is 5.75 Å². The van der Waals surface area contributed by atoms with Crippen molar-refractivity contribution in [2.45, 2.75) is 26.4 Å². The Bertz CT molecular complexity index is 612. The Morgan fingerprint density at radius 2 is 2.10 bits per heavy atom. The minimum Gasteiger partial charge on any atom is -0.435 e. The van der Waals surface area contributed by atoms with E-state index in [4.69, 9.17) is 0 Å². The Kier molecular flexibility index (Phi) is 4.98. The summed E-state index contributed by atoms with van der Waals surface area (Å²) in [6.45, 7) is -0.880. The number of alkyl halides is 2. The zero-order chi connectivity index (χ0) is 15.2. The van der Waals surface area contributed by atoms with Crippen LogP contribution >= 0.6 is 0 Å². The zero-order valence-corrected chi connectivity index (χ0v) is 11.6. The number of ketones is 1. The summed E-state index contributed by atoms with van der Waals surface area (Å²) in [7, 11) is 0. The van der Waals surface area contributed by atoms with Crippen molar-refractivity contribution >= 4 is 5.78 Å². The number of benzene rings is 1. The number of rotatable bonds is 6. The third-order valence-electron chi connectivity index (χ3n) is 3.02. The summed E-state index contributed by atoms with van der Waals surface area (Å²) in [5.74, 6) is -0.211. The Hall–Kier alpha value is -2.30. The Balaban J connectivity index is 2.08. The predicted octanol–water partition coefficient (Wildman–Crippen LogP) is 3.67. The average Bonchev–Trinajstić information content (AvgIpc) is 2.47. The average molecular weight is 291 g/mol. The summed E-state index contributed by atoms with van der Waals surface area (Å²) in [5.41, 5.74) is 2.07. The quantitative estimate of drug-likeness (QED) is 0.762. The van der Waals surface area contributed by atoms with Crippen molar-refractivity contribution in [2.75, 3.05) is 0 Å². The first kappa shape index (κ1) is 15.1. The van der Waals surface area contributed by atoms with Crippen LogP contribution in [-0.4, -0.2) is 17.4 Å². The van der Waals surface area contributed by atoms with Crippen LogP contribution < -0.4 is 4.74 Å². The molecule has 5 heteroatoms. The third kappa shape index (κ3) is 4.34. The van der Waals surface area contributed by atoms with Crippen LogP contribution in [-0.2, 0) is 12.8 Å². The summed E-state index contributed by atoms with van der Waals surface area (Å²) < 4.78 is 28.6. The van der Waals surface area contributed by atoms with Crippen LogP contribution in [0, 0.1) is 0 Å². The molecule has 0 aliphatic rings. The number of halogens is 2. The summed E-state index contributed by atoms with van der Waals surface area (Å²) in [5, 5.41) is 0. The lowest BCUT2D eigenvalue weighted by Gasteiger charge is -2.06. The topological polar surface area (TPSA) is 39.2 Å². The lowest BCUT2D eigenvalue weighted by Crippen LogP contribution is -2.07. The molecule has 110 valence electrons. The monoisotopic (exact) mass is 291 g/mol. The van der Waals surface area contributed by atoms with Crippen LogP contribution in [0.25, 0.3) is 0 Å². The summed E-state index contributed by atoms with van der Waals surface area (Å²) in [6.07, 6.45) is 2.75. The van der Waals surface area contributed by atoms with E-state index in [-0.39, 0.29) is 18.0 Å². The molecule has 0 amide bonds. The molecule has 0 spiro atoms. The second-order valence-corrected chi connectivity index (χ2v) is 4.52. The van der Waals surface area contributed by atoms with E-state index in [2.05, 4.69) is 9.72 Å². The van der Waals surface area contributed by atoms with Crippen molar-refractivity contribution in [3.05, 3.63) is 59.4 Å². The molecule has 2 aromatic rings. The van der Waals surface area contributed by atoms with Crippen molar-refractivity contribution < 1.29 is 18.3 Å². The number of aryl methyl sites for hydroxylation is 1. The SMILES string of the molecule is CCc1ccc(CC(=O)c2cccc(OC(F)F)c2)nc1. The lowest BCUT2D eigenvalue weighted by molar-refractivity contribution is -0.0498. The Morgan fingerprint density at radius 1 is 1.29 bits per heavy atom. The number of hydrogen-bond acceptors (Lipinski definition) is 3. The van der Waals surface area contributed by atoms with Gasteiger partial charge in [-0.3, -0.25) is 9.78 Å². The van der Waals surface area contributed by atoms with E-state index in [1.807, 2.05) is 13.0 Å². The summed E-state index contributed by atoms with van der Waals surface area (Å²) in [6, 6.07) is 9.51. The highest BCUT2D eigenvalue weighted by Crippen LogP contribution is 2.17. The van der Waals surface area contributed by atoms with Crippen LogP contribution in [0.15, 0.2) is 42.6 Å². The molecule has 0 radical (unpaired) electrons. The number of carbonyl (C=O) groups is 1. The molecule has 21 heavy (non-hydrogen) atoms. The predicted molar refractivity (Wildman–Crippen MR) is 74.7 cm³/mol. The zero-order valence-electron chi connectivity index (χ0n) is 11.6. The Morgan fingerprint density at radius 3 is 2.71 bits per heavy atom. The number of hydrogen-bond donors (Lipinski definition) is 0. The number of aromatic nitrogens is 1. The molecule has 0 atom stereocenters. The van der Waals surface area contributed by atoms with Crippen LogP contribution in [0.3, 0.4) is 0 Å². The van der Waals surface area contributed by atoms with Gasteiger partial charge in [0.15, 0.2) is 5.78 Å². The van der Waals surface area contributed by atoms with Crippen LogP contribution in [0.5, 0.6) is 5.75 Å². The Labute approximate surface area is 121 Å². The number of Topliss-reactive ketones (excluding diaryl/α,β-unsaturated/α-hetero) is 1. The highest BCUT2D eigenvalue weighted by molar-refractivity contribution is 5.97. The van der Waals surface area contributed by atoms with Gasteiger partial charge in [-0.05, 0) is 30.2 Å². The highest BCUT2D eigenvalue weighted by atomic mass is 19.3. The first-order valence-corrected chi connectivity index (χ1v) is 6.60. The van der Waals surface area contributed by atoms with E-state index < -0.39 is 6.61 Å². The van der Waals surface area contributed by atoms with Gasteiger partial charge < -0.3 is 4.74 Å². The normalized spacial score (nSPS) is 10.7. The molecule has 0 bridgehead atoms. The molecular formula is C16H15F2NO2. The highest BCUT2D eigenvalue weighted by Gasteiger charge is 2.11. The maximum atomic E-state index is 12.2. The lowest BCUT2D eigenvalue weighted by atomic mass is 10.1. The first-order chi connectivity index (χ1) is 10.1. The van der Waals surface area contributed by atoms with Gasteiger partial charge in [-0.1, -0.05) is 25.1 Å². The molecule has 0 saturated heterocycles. The fraction of sp³-hybridized carbons (Fsp3) is 0.250. The van der Waals surface area contributed by atoms with Gasteiger partial charge in [0.25, 0.3) is 0 Å². The first-order valence-electron chi connectivity index (χ1n) is 6.60. The smallest absolute Gasteiger partial charge is 0.387 e. The maximum absolute atomic E-state index is 12.2. The minimum atomic E-state index is -2.90. The number of carbonyl (C=O) groups excluding carboxylic acids is 1. The standard InChI is InChI=1S/C16H15F2NO2/c1-2-11-6-7-13(19-10-11)9-15(20)12-4-3-5-14(8-12)21-16(17)18/h3-8,10,16H,2,9H2,1H3. The van der Waals surface area contributed by atoms with E-state index in [1.165, 1.54) is 18.2 Å². The van der Waals surface area contributed by atoms with Crippen molar-refractivity contribution in [3.63, 3.8) is 0 Å². The molecule has 0 aliphatic carbocycles. The number of pyridine rings is 1. The number of nitrogens with zero attached hydrogens (tertiary/aromatic N) is 1. The van der Waals surface area contributed by atoms with Gasteiger partial charge in [-0.15, -0.1) is 0 Å². The van der Waals surface area contributed by atoms with Crippen molar-refractivity contribution in [1.29, 1.82) is 0 Å². The molecule has 1 aromatic carbocycles. The van der Waals surface area contributed by atoms with Crippen molar-refractivity contribution in [2.24, 2.45) is 0 Å². The van der Waals surface area contributed by atoms with E-state index in [9.17, 15) is 13.6 Å². The van der Waals surface area contributed by atoms with E-state index in [0.29, 0.717) is 11.3 Å². The molecule has 0 fully saturated rings. The minimum absolute atomic E-state index is 0.0230. The van der Waals surface area contributed by atoms with Gasteiger partial charge in [0, 0.05) is 17.5 Å². The second kappa shape index (κ2) is 6.92. The second-order valence-electron chi connectivity index (χ2n) is 4.52. The van der Waals surface area contributed by atoms with E-state index in [0.717, 1.165) is 12.0 Å². The third-order valence-corrected chi connectivity index (χ3v) is 3.02. The molecule has 1 heterocycles. The molecule has 2 rings (SSSR count). The molecule has 0 aliphatic heterocycles.